The Morgan fingerprint density at radius 1 is 1.18 bits per heavy atom. The number of halogens is 2. The topological polar surface area (TPSA) is 34.1 Å². The van der Waals surface area contributed by atoms with Gasteiger partial charge in [0, 0.05) is 5.02 Å². The van der Waals surface area contributed by atoms with Crippen LogP contribution in [0.1, 0.15) is 30.2 Å². The van der Waals surface area contributed by atoms with Crippen molar-refractivity contribution in [3.63, 3.8) is 0 Å². The first-order chi connectivity index (χ1) is 8.00. The second-order valence-electron chi connectivity index (χ2n) is 4.35. The van der Waals surface area contributed by atoms with Crippen LogP contribution in [0.3, 0.4) is 0 Å². The maximum Gasteiger partial charge on any atom is 0.154 e. The second kappa shape index (κ2) is 5.17. The molecule has 2 unspecified atom stereocenters. The van der Waals surface area contributed by atoms with Gasteiger partial charge in [0.25, 0.3) is 0 Å². The van der Waals surface area contributed by atoms with Crippen LogP contribution in [0, 0.1) is 0 Å². The number of hydrogen-bond acceptors (Lipinski definition) is 2. The van der Waals surface area contributed by atoms with Crippen LogP contribution in [0.4, 0.5) is 0 Å². The van der Waals surface area contributed by atoms with Crippen molar-refractivity contribution in [1.29, 1.82) is 0 Å². The van der Waals surface area contributed by atoms with Gasteiger partial charge >= 0.3 is 0 Å². The Bertz CT molecular complexity index is 482. The first kappa shape index (κ1) is 13.2. The van der Waals surface area contributed by atoms with Crippen LogP contribution < -0.4 is 0 Å². The van der Waals surface area contributed by atoms with Crippen molar-refractivity contribution in [3.05, 3.63) is 34.9 Å². The van der Waals surface area contributed by atoms with E-state index in [1.165, 1.54) is 0 Å². The molecule has 1 fully saturated rings. The summed E-state index contributed by atoms with van der Waals surface area (Å²) >= 11 is 12.1. The molecule has 0 radical (unpaired) electrons. The Hall–Kier alpha value is -0.250. The zero-order valence-corrected chi connectivity index (χ0v) is 11.6. The van der Waals surface area contributed by atoms with E-state index < -0.39 is 20.5 Å². The van der Waals surface area contributed by atoms with E-state index in [0.717, 1.165) is 18.4 Å². The lowest BCUT2D eigenvalue weighted by Crippen LogP contribution is -2.31. The Balaban J connectivity index is 2.24. The van der Waals surface area contributed by atoms with E-state index in [0.29, 0.717) is 11.4 Å². The van der Waals surface area contributed by atoms with Gasteiger partial charge in [0.2, 0.25) is 0 Å². The molecule has 0 aromatic heterocycles. The normalized spacial score (nSPS) is 25.4. The number of benzene rings is 1. The number of hydrogen-bond donors (Lipinski definition) is 0. The number of alkyl halides is 1. The van der Waals surface area contributed by atoms with E-state index in [4.69, 9.17) is 23.2 Å². The number of rotatable bonds is 2. The van der Waals surface area contributed by atoms with E-state index in [2.05, 4.69) is 0 Å². The van der Waals surface area contributed by atoms with Crippen molar-refractivity contribution < 1.29 is 8.42 Å². The first-order valence-electron chi connectivity index (χ1n) is 5.62. The van der Waals surface area contributed by atoms with Gasteiger partial charge in [0.1, 0.15) is 0 Å². The van der Waals surface area contributed by atoms with Crippen molar-refractivity contribution in [2.45, 2.75) is 29.9 Å². The molecule has 0 aliphatic carbocycles. The Kier molecular flexibility index (Phi) is 4.01. The lowest BCUT2D eigenvalue weighted by atomic mass is 10.0. The molecule has 1 aliphatic heterocycles. The van der Waals surface area contributed by atoms with Gasteiger partial charge in [0.15, 0.2) is 9.84 Å². The molecule has 5 heteroatoms. The molecule has 0 N–H and O–H groups in total. The van der Waals surface area contributed by atoms with E-state index in [1.54, 1.807) is 24.3 Å². The third kappa shape index (κ3) is 2.95. The van der Waals surface area contributed by atoms with E-state index in [1.807, 2.05) is 0 Å². The molecule has 0 bridgehead atoms. The fourth-order valence-corrected chi connectivity index (χ4v) is 4.99. The predicted octanol–water partition coefficient (Wildman–Crippen LogP) is 3.59. The smallest absolute Gasteiger partial charge is 0.154 e. The highest BCUT2D eigenvalue weighted by Crippen LogP contribution is 2.35. The van der Waals surface area contributed by atoms with Crippen LogP contribution in [0.5, 0.6) is 0 Å². The molecule has 2 nitrogen and oxygen atoms in total. The molecule has 94 valence electrons. The Morgan fingerprint density at radius 3 is 2.41 bits per heavy atom. The summed E-state index contributed by atoms with van der Waals surface area (Å²) in [6.07, 6.45) is 2.34. The van der Waals surface area contributed by atoms with Crippen LogP contribution in [-0.4, -0.2) is 19.4 Å². The molecule has 0 saturated carbocycles. The zero-order valence-electron chi connectivity index (χ0n) is 9.27. The highest BCUT2D eigenvalue weighted by atomic mass is 35.5. The molecule has 2 atom stereocenters. The maximum atomic E-state index is 12.0. The summed E-state index contributed by atoms with van der Waals surface area (Å²) in [7, 11) is -3.05. The molecular weight excluding hydrogens is 279 g/mol. The van der Waals surface area contributed by atoms with Gasteiger partial charge in [-0.2, -0.15) is 0 Å². The molecule has 0 amide bonds. The van der Waals surface area contributed by atoms with E-state index in [-0.39, 0.29) is 5.75 Å². The quantitative estimate of drug-likeness (QED) is 0.781. The van der Waals surface area contributed by atoms with Crippen molar-refractivity contribution in [3.8, 4) is 0 Å². The first-order valence-corrected chi connectivity index (χ1v) is 8.15. The van der Waals surface area contributed by atoms with Crippen LogP contribution in [0.15, 0.2) is 24.3 Å². The summed E-state index contributed by atoms with van der Waals surface area (Å²) in [5.74, 6) is 0.258. The van der Waals surface area contributed by atoms with Gasteiger partial charge in [-0.25, -0.2) is 8.42 Å². The third-order valence-electron chi connectivity index (χ3n) is 3.14. The average Bonchev–Trinajstić information content (AvgIpc) is 2.28. The monoisotopic (exact) mass is 292 g/mol. The summed E-state index contributed by atoms with van der Waals surface area (Å²) in [4.78, 5) is 0. The highest BCUT2D eigenvalue weighted by Gasteiger charge is 2.35. The molecule has 1 saturated heterocycles. The van der Waals surface area contributed by atoms with Gasteiger partial charge in [-0.1, -0.05) is 30.2 Å². The number of sulfone groups is 1. The lowest BCUT2D eigenvalue weighted by Gasteiger charge is -2.26. The molecular formula is C12H14Cl2O2S. The van der Waals surface area contributed by atoms with Crippen LogP contribution >= 0.6 is 23.2 Å². The van der Waals surface area contributed by atoms with Gasteiger partial charge in [-0.15, -0.1) is 11.6 Å². The van der Waals surface area contributed by atoms with E-state index in [9.17, 15) is 8.42 Å². The van der Waals surface area contributed by atoms with Crippen molar-refractivity contribution in [2.75, 3.05) is 5.75 Å². The SMILES string of the molecule is O=S1(=O)CCCCC1C(Cl)c1ccc(Cl)cc1. The standard InChI is InChI=1S/C12H14Cl2O2S/c13-10-6-4-9(5-7-10)12(14)11-3-1-2-8-17(11,15)16/h4-7,11-12H,1-3,8H2. The van der Waals surface area contributed by atoms with Gasteiger partial charge in [0.05, 0.1) is 16.4 Å². The summed E-state index contributed by atoms with van der Waals surface area (Å²) in [6.45, 7) is 0. The molecule has 1 aliphatic rings. The Morgan fingerprint density at radius 2 is 1.82 bits per heavy atom. The fraction of sp³-hybridized carbons (Fsp3) is 0.500. The summed E-state index contributed by atoms with van der Waals surface area (Å²) in [6, 6.07) is 7.07. The summed E-state index contributed by atoms with van der Waals surface area (Å²) in [5.41, 5.74) is 0.826. The minimum absolute atomic E-state index is 0.258. The second-order valence-corrected chi connectivity index (χ2v) is 7.60. The lowest BCUT2D eigenvalue weighted by molar-refractivity contribution is 0.534. The minimum Gasteiger partial charge on any atom is -0.228 e. The molecule has 0 spiro atoms. The molecule has 1 aromatic carbocycles. The molecule has 2 rings (SSSR count). The van der Waals surface area contributed by atoms with Crippen LogP contribution in [-0.2, 0) is 9.84 Å². The van der Waals surface area contributed by atoms with Gasteiger partial charge < -0.3 is 0 Å². The summed E-state index contributed by atoms with van der Waals surface area (Å²) < 4.78 is 23.9. The van der Waals surface area contributed by atoms with Crippen molar-refractivity contribution >= 4 is 33.0 Å². The van der Waals surface area contributed by atoms with Crippen molar-refractivity contribution in [1.82, 2.24) is 0 Å². The predicted molar refractivity (Wildman–Crippen MR) is 71.5 cm³/mol. The molecule has 1 heterocycles. The van der Waals surface area contributed by atoms with Crippen molar-refractivity contribution in [2.24, 2.45) is 0 Å². The average molecular weight is 293 g/mol. The van der Waals surface area contributed by atoms with E-state index >= 15 is 0 Å². The maximum absolute atomic E-state index is 12.0. The summed E-state index contributed by atoms with van der Waals surface area (Å²) in [5, 5.41) is -0.305. The zero-order chi connectivity index (χ0) is 12.5. The van der Waals surface area contributed by atoms with Crippen LogP contribution in [0.2, 0.25) is 5.02 Å². The minimum atomic E-state index is -3.05. The molecule has 1 aromatic rings. The Labute approximate surface area is 112 Å². The third-order valence-corrected chi connectivity index (χ3v) is 6.39. The molecule has 17 heavy (non-hydrogen) atoms. The largest absolute Gasteiger partial charge is 0.228 e. The van der Waals surface area contributed by atoms with Gasteiger partial charge in [-0.3, -0.25) is 0 Å². The van der Waals surface area contributed by atoms with Crippen LogP contribution in [0.25, 0.3) is 0 Å². The highest BCUT2D eigenvalue weighted by molar-refractivity contribution is 7.92. The fourth-order valence-electron chi connectivity index (χ4n) is 2.17. The van der Waals surface area contributed by atoms with Gasteiger partial charge in [-0.05, 0) is 30.5 Å².